The second-order valence-electron chi connectivity index (χ2n) is 6.21. The minimum atomic E-state index is -1.60. The van der Waals surface area contributed by atoms with Gasteiger partial charge < -0.3 is 19.7 Å². The highest BCUT2D eigenvalue weighted by Gasteiger charge is 2.37. The fourth-order valence-electron chi connectivity index (χ4n) is 3.00. The van der Waals surface area contributed by atoms with E-state index >= 15 is 0 Å². The van der Waals surface area contributed by atoms with Gasteiger partial charge in [0.1, 0.15) is 12.0 Å². The van der Waals surface area contributed by atoms with Crippen LogP contribution in [0.4, 0.5) is 4.39 Å². The Bertz CT molecular complexity index is 991. The number of carboxylic acids is 1. The number of amides is 1. The van der Waals surface area contributed by atoms with E-state index < -0.39 is 47.1 Å². The first kappa shape index (κ1) is 19.2. The highest BCUT2D eigenvalue weighted by Crippen LogP contribution is 2.32. The van der Waals surface area contributed by atoms with Crippen molar-refractivity contribution in [3.63, 3.8) is 0 Å². The van der Waals surface area contributed by atoms with Crippen LogP contribution < -0.4 is 10.3 Å². The third kappa shape index (κ3) is 3.75. The summed E-state index contributed by atoms with van der Waals surface area (Å²) in [5.74, 6) is -3.94. The van der Waals surface area contributed by atoms with E-state index in [4.69, 9.17) is 4.74 Å². The van der Waals surface area contributed by atoms with E-state index in [1.165, 1.54) is 19.1 Å². The summed E-state index contributed by atoms with van der Waals surface area (Å²) in [4.78, 5) is 55.2. The molecule has 0 saturated carbocycles. The number of H-pyrrole nitrogens is 1. The molecule has 1 amide bonds. The molecule has 1 saturated heterocycles. The number of hydrogen-bond donors (Lipinski definition) is 2. The van der Waals surface area contributed by atoms with E-state index in [0.717, 1.165) is 4.90 Å². The summed E-state index contributed by atoms with van der Waals surface area (Å²) in [6.45, 7) is 1.05. The Labute approximate surface area is 157 Å². The van der Waals surface area contributed by atoms with Crippen molar-refractivity contribution in [3.05, 3.63) is 57.8 Å². The van der Waals surface area contributed by atoms with Gasteiger partial charge >= 0.3 is 11.9 Å². The van der Waals surface area contributed by atoms with Gasteiger partial charge in [-0.25, -0.2) is 19.0 Å². The van der Waals surface area contributed by atoms with Crippen LogP contribution in [0.25, 0.3) is 0 Å². The van der Waals surface area contributed by atoms with Crippen molar-refractivity contribution in [3.8, 4) is 5.75 Å². The van der Waals surface area contributed by atoms with Gasteiger partial charge in [0, 0.05) is 13.3 Å². The lowest BCUT2D eigenvalue weighted by molar-refractivity contribution is -0.130. The quantitative estimate of drug-likeness (QED) is 0.754. The summed E-state index contributed by atoms with van der Waals surface area (Å²) in [5.41, 5.74) is -1.70. The maximum Gasteiger partial charge on any atom is 0.358 e. The predicted molar refractivity (Wildman–Crippen MR) is 92.9 cm³/mol. The molecule has 1 aromatic heterocycles. The molecule has 0 bridgehead atoms. The number of benzene rings is 1. The third-order valence-electron chi connectivity index (χ3n) is 4.27. The van der Waals surface area contributed by atoms with E-state index in [2.05, 4.69) is 9.97 Å². The molecule has 1 aliphatic heterocycles. The number of carboxylic acid groups (broad SMARTS) is 1. The number of aromatic amines is 1. The Kier molecular flexibility index (Phi) is 5.21. The fraction of sp³-hybridized carbons (Fsp3) is 0.278. The molecule has 10 heteroatoms. The summed E-state index contributed by atoms with van der Waals surface area (Å²) >= 11 is 0. The van der Waals surface area contributed by atoms with Crippen LogP contribution in [-0.4, -0.2) is 50.5 Å². The number of nitrogens with zero attached hydrogens (tertiary/aromatic N) is 2. The molecule has 2 N–H and O–H groups in total. The van der Waals surface area contributed by atoms with Crippen molar-refractivity contribution >= 4 is 17.8 Å². The normalized spacial score (nSPS) is 18.7. The summed E-state index contributed by atoms with van der Waals surface area (Å²) < 4.78 is 18.7. The van der Waals surface area contributed by atoms with Crippen LogP contribution in [-0.2, 0) is 4.79 Å². The van der Waals surface area contributed by atoms with Crippen LogP contribution in [0.3, 0.4) is 0 Å². The van der Waals surface area contributed by atoms with Gasteiger partial charge in [-0.15, -0.1) is 0 Å². The van der Waals surface area contributed by atoms with Crippen molar-refractivity contribution < 1.29 is 28.6 Å². The van der Waals surface area contributed by atoms with E-state index in [1.54, 1.807) is 18.2 Å². The zero-order chi connectivity index (χ0) is 20.4. The number of ether oxygens (including phenoxy) is 1. The van der Waals surface area contributed by atoms with Gasteiger partial charge in [-0.3, -0.25) is 9.59 Å². The first-order valence-corrected chi connectivity index (χ1v) is 8.34. The van der Waals surface area contributed by atoms with Gasteiger partial charge in [0.2, 0.25) is 11.7 Å². The molecule has 2 heterocycles. The number of hydrogen-bond acceptors (Lipinski definition) is 6. The second-order valence-corrected chi connectivity index (χ2v) is 6.21. The molecule has 1 fully saturated rings. The number of carbonyl (C=O) groups excluding carboxylic acids is 2. The Morgan fingerprint density at radius 2 is 1.96 bits per heavy atom. The zero-order valence-corrected chi connectivity index (χ0v) is 14.7. The number of esters is 1. The molecule has 146 valence electrons. The van der Waals surface area contributed by atoms with Crippen LogP contribution in [0.5, 0.6) is 5.75 Å². The van der Waals surface area contributed by atoms with Crippen molar-refractivity contribution in [2.45, 2.75) is 25.6 Å². The summed E-state index contributed by atoms with van der Waals surface area (Å²) in [5, 5.41) is 9.41. The fourth-order valence-corrected chi connectivity index (χ4v) is 3.00. The Morgan fingerprint density at radius 3 is 2.57 bits per heavy atom. The van der Waals surface area contributed by atoms with Gasteiger partial charge in [0.25, 0.3) is 5.56 Å². The lowest BCUT2D eigenvalue weighted by Crippen LogP contribution is -2.32. The molecular formula is C18H16FN3O6. The number of likely N-dealkylation sites (tertiary alicyclic amines) is 1. The van der Waals surface area contributed by atoms with Crippen molar-refractivity contribution in [2.24, 2.45) is 0 Å². The number of alkyl halides is 1. The Morgan fingerprint density at radius 1 is 1.29 bits per heavy atom. The molecule has 1 aliphatic rings. The summed E-state index contributed by atoms with van der Waals surface area (Å²) in [7, 11) is 0. The summed E-state index contributed by atoms with van der Waals surface area (Å²) in [6.07, 6.45) is -1.46. The largest absolute Gasteiger partial charge is 0.476 e. The highest BCUT2D eigenvalue weighted by atomic mass is 19.1. The number of aromatic nitrogens is 2. The van der Waals surface area contributed by atoms with Crippen molar-refractivity contribution in [1.29, 1.82) is 0 Å². The maximum atomic E-state index is 13.8. The van der Waals surface area contributed by atoms with Crippen LogP contribution >= 0.6 is 0 Å². The number of rotatable bonds is 4. The van der Waals surface area contributed by atoms with Gasteiger partial charge in [0.15, 0.2) is 5.69 Å². The lowest BCUT2D eigenvalue weighted by Gasteiger charge is -2.22. The van der Waals surface area contributed by atoms with E-state index in [0.29, 0.717) is 0 Å². The molecule has 2 aromatic rings. The number of nitrogens with one attached hydrogen (secondary N) is 1. The SMILES string of the molecule is CC(=O)N1C[C@@H](F)C[C@H]1c1nc(C(=O)O)c(OC(=O)c2ccccc2)c(=O)[nH]1. The minimum Gasteiger partial charge on any atom is -0.476 e. The van der Waals surface area contributed by atoms with Crippen LogP contribution in [0.2, 0.25) is 0 Å². The molecule has 1 aromatic carbocycles. The first-order chi connectivity index (χ1) is 13.3. The van der Waals surface area contributed by atoms with Crippen molar-refractivity contribution in [2.75, 3.05) is 6.54 Å². The average molecular weight is 389 g/mol. The third-order valence-corrected chi connectivity index (χ3v) is 4.27. The van der Waals surface area contributed by atoms with E-state index in [1.807, 2.05) is 0 Å². The lowest BCUT2D eigenvalue weighted by atomic mass is 10.2. The minimum absolute atomic E-state index is 0.112. The topological polar surface area (TPSA) is 130 Å². The van der Waals surface area contributed by atoms with Crippen LogP contribution in [0.15, 0.2) is 35.1 Å². The first-order valence-electron chi connectivity index (χ1n) is 8.34. The van der Waals surface area contributed by atoms with Gasteiger partial charge in [-0.1, -0.05) is 18.2 Å². The summed E-state index contributed by atoms with van der Waals surface area (Å²) in [6, 6.07) is 6.77. The monoisotopic (exact) mass is 389 g/mol. The molecular weight excluding hydrogens is 373 g/mol. The van der Waals surface area contributed by atoms with Gasteiger partial charge in [0.05, 0.1) is 18.2 Å². The van der Waals surface area contributed by atoms with E-state index in [9.17, 15) is 28.7 Å². The molecule has 0 radical (unpaired) electrons. The van der Waals surface area contributed by atoms with Crippen LogP contribution in [0, 0.1) is 0 Å². The standard InChI is InChI=1S/C18H16FN3O6/c1-9(23)22-8-11(19)7-12(22)15-20-13(17(25)26)14(16(24)21-15)28-18(27)10-5-3-2-4-6-10/h2-6,11-12H,7-8H2,1H3,(H,25,26)(H,20,21,24)/t11-,12-/m0/s1. The number of aromatic carboxylic acids is 1. The molecule has 2 atom stereocenters. The second kappa shape index (κ2) is 7.59. The maximum absolute atomic E-state index is 13.8. The smallest absolute Gasteiger partial charge is 0.358 e. The van der Waals surface area contributed by atoms with Crippen LogP contribution in [0.1, 0.15) is 46.1 Å². The molecule has 0 aliphatic carbocycles. The van der Waals surface area contributed by atoms with Gasteiger partial charge in [-0.2, -0.15) is 0 Å². The molecule has 9 nitrogen and oxygen atoms in total. The number of carbonyl (C=O) groups is 3. The molecule has 0 spiro atoms. The Balaban J connectivity index is 1.99. The Hall–Kier alpha value is -3.56. The molecule has 3 rings (SSSR count). The zero-order valence-electron chi connectivity index (χ0n) is 14.7. The highest BCUT2D eigenvalue weighted by molar-refractivity contribution is 5.94. The molecule has 28 heavy (non-hydrogen) atoms. The number of halogens is 1. The van der Waals surface area contributed by atoms with Gasteiger partial charge in [-0.05, 0) is 12.1 Å². The molecule has 0 unspecified atom stereocenters. The van der Waals surface area contributed by atoms with Crippen molar-refractivity contribution in [1.82, 2.24) is 14.9 Å². The van der Waals surface area contributed by atoms with E-state index in [-0.39, 0.29) is 24.4 Å². The predicted octanol–water partition coefficient (Wildman–Crippen LogP) is 1.32. The average Bonchev–Trinajstić information content (AvgIpc) is 3.05.